The molecule has 15 heavy (non-hydrogen) atoms. The van der Waals surface area contributed by atoms with E-state index in [4.69, 9.17) is 5.73 Å². The lowest BCUT2D eigenvalue weighted by molar-refractivity contribution is 0.610. The molecule has 2 rings (SSSR count). The van der Waals surface area contributed by atoms with Crippen LogP contribution in [0.4, 0.5) is 5.69 Å². The van der Waals surface area contributed by atoms with Crippen LogP contribution in [0.15, 0.2) is 18.3 Å². The summed E-state index contributed by atoms with van der Waals surface area (Å²) < 4.78 is 0. The summed E-state index contributed by atoms with van der Waals surface area (Å²) in [6, 6.07) is 3.91. The van der Waals surface area contributed by atoms with E-state index in [1.165, 1.54) is 19.3 Å². The minimum absolute atomic E-state index is 0.737. The highest BCUT2D eigenvalue weighted by Crippen LogP contribution is 2.31. The van der Waals surface area contributed by atoms with Gasteiger partial charge in [0.2, 0.25) is 0 Å². The monoisotopic (exact) mass is 205 g/mol. The van der Waals surface area contributed by atoms with E-state index in [1.807, 2.05) is 12.1 Å². The summed E-state index contributed by atoms with van der Waals surface area (Å²) in [4.78, 5) is 4.26. The Hall–Kier alpha value is -1.09. The molecule has 0 aromatic carbocycles. The number of hydrogen-bond acceptors (Lipinski definition) is 3. The van der Waals surface area contributed by atoms with Gasteiger partial charge in [0, 0.05) is 18.7 Å². The Morgan fingerprint density at radius 1 is 1.33 bits per heavy atom. The maximum Gasteiger partial charge on any atom is 0.0501 e. The van der Waals surface area contributed by atoms with E-state index in [9.17, 15) is 0 Å². The third-order valence-corrected chi connectivity index (χ3v) is 2.83. The molecule has 1 saturated carbocycles. The van der Waals surface area contributed by atoms with E-state index in [2.05, 4.69) is 10.3 Å². The molecular formula is C12H19N3. The van der Waals surface area contributed by atoms with Crippen molar-refractivity contribution in [2.75, 3.05) is 18.8 Å². The summed E-state index contributed by atoms with van der Waals surface area (Å²) in [5, 5.41) is 3.45. The van der Waals surface area contributed by atoms with Crippen molar-refractivity contribution in [1.29, 1.82) is 0 Å². The smallest absolute Gasteiger partial charge is 0.0501 e. The maximum absolute atomic E-state index is 5.57. The summed E-state index contributed by atoms with van der Waals surface area (Å²) in [5.41, 5.74) is 7.42. The van der Waals surface area contributed by atoms with Gasteiger partial charge in [-0.15, -0.1) is 0 Å². The average Bonchev–Trinajstić information content (AvgIpc) is 3.04. The molecule has 3 nitrogen and oxygen atoms in total. The van der Waals surface area contributed by atoms with Gasteiger partial charge in [0.05, 0.1) is 11.9 Å². The van der Waals surface area contributed by atoms with Gasteiger partial charge in [0.1, 0.15) is 0 Å². The van der Waals surface area contributed by atoms with Gasteiger partial charge in [-0.2, -0.15) is 0 Å². The molecule has 0 saturated heterocycles. The zero-order chi connectivity index (χ0) is 10.5. The van der Waals surface area contributed by atoms with E-state index in [-0.39, 0.29) is 0 Å². The van der Waals surface area contributed by atoms with Gasteiger partial charge in [0.25, 0.3) is 0 Å². The Morgan fingerprint density at radius 3 is 2.87 bits per heavy atom. The predicted molar refractivity (Wildman–Crippen MR) is 62.6 cm³/mol. The zero-order valence-electron chi connectivity index (χ0n) is 9.08. The zero-order valence-corrected chi connectivity index (χ0v) is 9.08. The Bertz CT molecular complexity index is 290. The summed E-state index contributed by atoms with van der Waals surface area (Å²) in [6.45, 7) is 2.17. The first-order valence-electron chi connectivity index (χ1n) is 5.76. The van der Waals surface area contributed by atoms with Gasteiger partial charge in [-0.25, -0.2) is 0 Å². The molecule has 1 aliphatic rings. The van der Waals surface area contributed by atoms with Crippen molar-refractivity contribution in [3.63, 3.8) is 0 Å². The fourth-order valence-corrected chi connectivity index (χ4v) is 1.64. The predicted octanol–water partition coefficient (Wildman–Crippen LogP) is 1.60. The van der Waals surface area contributed by atoms with Crippen LogP contribution in [0, 0.1) is 5.92 Å². The number of nitrogens with one attached hydrogen (secondary N) is 1. The van der Waals surface area contributed by atoms with E-state index >= 15 is 0 Å². The molecule has 3 heteroatoms. The summed E-state index contributed by atoms with van der Waals surface area (Å²) >= 11 is 0. The third kappa shape index (κ3) is 3.88. The van der Waals surface area contributed by atoms with Crippen LogP contribution < -0.4 is 11.1 Å². The lowest BCUT2D eigenvalue weighted by Crippen LogP contribution is -2.19. The van der Waals surface area contributed by atoms with Gasteiger partial charge in [-0.3, -0.25) is 4.98 Å². The second-order valence-electron chi connectivity index (χ2n) is 4.31. The van der Waals surface area contributed by atoms with Crippen molar-refractivity contribution in [2.24, 2.45) is 5.92 Å². The van der Waals surface area contributed by atoms with E-state index in [0.29, 0.717) is 0 Å². The van der Waals surface area contributed by atoms with Crippen molar-refractivity contribution in [1.82, 2.24) is 10.3 Å². The normalized spacial score (nSPS) is 15.5. The molecule has 0 unspecified atom stereocenters. The number of nitrogen functional groups attached to an aromatic ring is 1. The highest BCUT2D eigenvalue weighted by Gasteiger charge is 2.19. The highest BCUT2D eigenvalue weighted by atomic mass is 14.9. The molecule has 82 valence electrons. The number of nitrogens with zero attached hydrogens (tertiary/aromatic N) is 1. The molecule has 0 spiro atoms. The van der Waals surface area contributed by atoms with Crippen molar-refractivity contribution in [3.05, 3.63) is 24.0 Å². The molecule has 3 N–H and O–H groups in total. The molecule has 0 amide bonds. The highest BCUT2D eigenvalue weighted by molar-refractivity contribution is 5.34. The molecule has 1 aromatic rings. The van der Waals surface area contributed by atoms with Crippen molar-refractivity contribution < 1.29 is 0 Å². The van der Waals surface area contributed by atoms with Gasteiger partial charge >= 0.3 is 0 Å². The Kier molecular flexibility index (Phi) is 3.56. The molecule has 1 aliphatic carbocycles. The van der Waals surface area contributed by atoms with Crippen molar-refractivity contribution >= 4 is 5.69 Å². The lowest BCUT2D eigenvalue weighted by Gasteiger charge is -2.03. The molecule has 0 atom stereocenters. The fourth-order valence-electron chi connectivity index (χ4n) is 1.64. The molecule has 0 aliphatic heterocycles. The minimum atomic E-state index is 0.737. The van der Waals surface area contributed by atoms with E-state index in [0.717, 1.165) is 36.8 Å². The van der Waals surface area contributed by atoms with Crippen LogP contribution in [0.1, 0.15) is 25.0 Å². The molecular weight excluding hydrogens is 186 g/mol. The van der Waals surface area contributed by atoms with Gasteiger partial charge in [-0.05, 0) is 31.0 Å². The SMILES string of the molecule is Nc1ccc(CCNCCC2CC2)nc1. The number of rotatable bonds is 6. The van der Waals surface area contributed by atoms with Crippen molar-refractivity contribution in [3.8, 4) is 0 Å². The lowest BCUT2D eigenvalue weighted by atomic mass is 10.2. The van der Waals surface area contributed by atoms with Crippen LogP contribution in [0.2, 0.25) is 0 Å². The average molecular weight is 205 g/mol. The molecule has 0 radical (unpaired) electrons. The number of anilines is 1. The number of aromatic nitrogens is 1. The standard InChI is InChI=1S/C12H19N3/c13-11-3-4-12(15-9-11)6-8-14-7-5-10-1-2-10/h3-4,9-10,14H,1-2,5-8,13H2. The van der Waals surface area contributed by atoms with Crippen LogP contribution in [-0.2, 0) is 6.42 Å². The van der Waals surface area contributed by atoms with E-state index in [1.54, 1.807) is 6.20 Å². The minimum Gasteiger partial charge on any atom is -0.397 e. The maximum atomic E-state index is 5.57. The first kappa shape index (κ1) is 10.4. The molecule has 0 bridgehead atoms. The van der Waals surface area contributed by atoms with Crippen LogP contribution in [0.25, 0.3) is 0 Å². The fraction of sp³-hybridized carbons (Fsp3) is 0.583. The van der Waals surface area contributed by atoms with Crippen LogP contribution in [-0.4, -0.2) is 18.1 Å². The second kappa shape index (κ2) is 5.12. The molecule has 1 fully saturated rings. The topological polar surface area (TPSA) is 50.9 Å². The summed E-state index contributed by atoms with van der Waals surface area (Å²) in [7, 11) is 0. The molecule has 1 aromatic heterocycles. The van der Waals surface area contributed by atoms with Gasteiger partial charge < -0.3 is 11.1 Å². The Labute approximate surface area is 91.1 Å². The first-order chi connectivity index (χ1) is 7.34. The number of nitrogens with two attached hydrogens (primary N) is 1. The largest absolute Gasteiger partial charge is 0.397 e. The van der Waals surface area contributed by atoms with Crippen LogP contribution in [0.5, 0.6) is 0 Å². The number of pyridine rings is 1. The number of hydrogen-bond donors (Lipinski definition) is 2. The second-order valence-corrected chi connectivity index (χ2v) is 4.31. The first-order valence-corrected chi connectivity index (χ1v) is 5.76. The van der Waals surface area contributed by atoms with Crippen molar-refractivity contribution in [2.45, 2.75) is 25.7 Å². The van der Waals surface area contributed by atoms with Gasteiger partial charge in [-0.1, -0.05) is 12.8 Å². The molecule has 1 heterocycles. The summed E-state index contributed by atoms with van der Waals surface area (Å²) in [6.07, 6.45) is 6.95. The quantitative estimate of drug-likeness (QED) is 0.693. The van der Waals surface area contributed by atoms with Crippen LogP contribution >= 0.6 is 0 Å². The Balaban J connectivity index is 1.58. The van der Waals surface area contributed by atoms with E-state index < -0.39 is 0 Å². The third-order valence-electron chi connectivity index (χ3n) is 2.83. The van der Waals surface area contributed by atoms with Gasteiger partial charge in [0.15, 0.2) is 0 Å². The van der Waals surface area contributed by atoms with Crippen LogP contribution in [0.3, 0.4) is 0 Å². The Morgan fingerprint density at radius 2 is 2.20 bits per heavy atom. The summed E-state index contributed by atoms with van der Waals surface area (Å²) in [5.74, 6) is 1.02.